The van der Waals surface area contributed by atoms with Gasteiger partial charge in [-0.15, -0.1) is 0 Å². The van der Waals surface area contributed by atoms with Crippen molar-refractivity contribution < 1.29 is 19.5 Å². The Morgan fingerprint density at radius 1 is 0.786 bits per heavy atom. The highest BCUT2D eigenvalue weighted by atomic mass is 16.4. The van der Waals surface area contributed by atoms with E-state index in [1.54, 1.807) is 0 Å². The van der Waals surface area contributed by atoms with E-state index >= 15 is 0 Å². The average molecular weight is 382 g/mol. The Bertz CT molecular complexity index is 763. The third-order valence-electron chi connectivity index (χ3n) is 4.29. The average Bonchev–Trinajstić information content (AvgIpc) is 2.68. The van der Waals surface area contributed by atoms with Gasteiger partial charge in [0.25, 0.3) is 0 Å². The Hall–Kier alpha value is -3.15. The molecule has 0 radical (unpaired) electrons. The lowest BCUT2D eigenvalue weighted by Gasteiger charge is -2.14. The molecule has 0 aromatic heterocycles. The van der Waals surface area contributed by atoms with Crippen LogP contribution in [0.1, 0.15) is 30.4 Å². The van der Waals surface area contributed by atoms with Crippen molar-refractivity contribution in [2.45, 2.75) is 38.1 Å². The molecule has 1 atom stereocenters. The van der Waals surface area contributed by atoms with Crippen molar-refractivity contribution in [3.05, 3.63) is 71.8 Å². The predicted octanol–water partition coefficient (Wildman–Crippen LogP) is 2.33. The highest BCUT2D eigenvalue weighted by Crippen LogP contribution is 2.04. The number of amides is 2. The van der Waals surface area contributed by atoms with E-state index < -0.39 is 12.0 Å². The molecule has 0 aliphatic carbocycles. The molecule has 0 spiro atoms. The number of aliphatic carboxylic acids is 1. The van der Waals surface area contributed by atoms with Gasteiger partial charge in [0.2, 0.25) is 11.8 Å². The van der Waals surface area contributed by atoms with Gasteiger partial charge in [-0.2, -0.15) is 0 Å². The summed E-state index contributed by atoms with van der Waals surface area (Å²) in [6.07, 6.45) is 2.05. The molecule has 0 aliphatic rings. The summed E-state index contributed by atoms with van der Waals surface area (Å²) in [6, 6.07) is 17.7. The number of carboxylic acids is 1. The number of carboxylic acid groups (broad SMARTS) is 1. The molecule has 2 rings (SSSR count). The van der Waals surface area contributed by atoms with E-state index in [-0.39, 0.29) is 18.2 Å². The SMILES string of the molecule is O=C(Cc1ccccc1)NCCCC[C@H](NC(=O)Cc1ccccc1)C(=O)O. The number of carbonyl (C=O) groups is 3. The Balaban J connectivity index is 1.65. The number of carbonyl (C=O) groups excluding carboxylic acids is 2. The van der Waals surface area contributed by atoms with Gasteiger partial charge in [0.15, 0.2) is 0 Å². The zero-order chi connectivity index (χ0) is 20.2. The first kappa shape index (κ1) is 21.2. The van der Waals surface area contributed by atoms with Gasteiger partial charge in [0.05, 0.1) is 12.8 Å². The zero-order valence-electron chi connectivity index (χ0n) is 15.8. The Kier molecular flexibility index (Phi) is 8.72. The van der Waals surface area contributed by atoms with Crippen LogP contribution in [0.3, 0.4) is 0 Å². The van der Waals surface area contributed by atoms with E-state index in [1.165, 1.54) is 0 Å². The first-order valence-electron chi connectivity index (χ1n) is 9.41. The van der Waals surface area contributed by atoms with Crippen LogP contribution in [0.15, 0.2) is 60.7 Å². The minimum atomic E-state index is -1.05. The fraction of sp³-hybridized carbons (Fsp3) is 0.318. The van der Waals surface area contributed by atoms with Crippen LogP contribution in [0.4, 0.5) is 0 Å². The highest BCUT2D eigenvalue weighted by Gasteiger charge is 2.19. The standard InChI is InChI=1S/C22H26N2O4/c25-20(15-17-9-3-1-4-10-17)23-14-8-7-13-19(22(27)28)24-21(26)16-18-11-5-2-6-12-18/h1-6,9-12,19H,7-8,13-16H2,(H,23,25)(H,24,26)(H,27,28)/t19-/m0/s1. The molecule has 0 unspecified atom stereocenters. The molecule has 3 N–H and O–H groups in total. The molecular weight excluding hydrogens is 356 g/mol. The minimum absolute atomic E-state index is 0.0582. The summed E-state index contributed by atoms with van der Waals surface area (Å²) in [7, 11) is 0. The van der Waals surface area contributed by atoms with Crippen LogP contribution in [0, 0.1) is 0 Å². The monoisotopic (exact) mass is 382 g/mol. The largest absolute Gasteiger partial charge is 0.480 e. The molecule has 0 bridgehead atoms. The van der Waals surface area contributed by atoms with Gasteiger partial charge in [-0.05, 0) is 30.4 Å². The van der Waals surface area contributed by atoms with E-state index in [0.29, 0.717) is 32.2 Å². The van der Waals surface area contributed by atoms with Crippen LogP contribution in [-0.2, 0) is 27.2 Å². The van der Waals surface area contributed by atoms with E-state index in [2.05, 4.69) is 10.6 Å². The second-order valence-corrected chi connectivity index (χ2v) is 6.63. The summed E-state index contributed by atoms with van der Waals surface area (Å²) in [6.45, 7) is 0.482. The highest BCUT2D eigenvalue weighted by molar-refractivity contribution is 5.84. The van der Waals surface area contributed by atoms with Crippen molar-refractivity contribution in [3.8, 4) is 0 Å². The molecule has 6 heteroatoms. The maximum atomic E-state index is 12.0. The summed E-state index contributed by atoms with van der Waals surface area (Å²) >= 11 is 0. The van der Waals surface area contributed by atoms with E-state index in [1.807, 2.05) is 60.7 Å². The van der Waals surface area contributed by atoms with Crippen LogP contribution in [0.25, 0.3) is 0 Å². The van der Waals surface area contributed by atoms with Crippen molar-refractivity contribution in [3.63, 3.8) is 0 Å². The van der Waals surface area contributed by atoms with Crippen molar-refractivity contribution in [1.82, 2.24) is 10.6 Å². The number of rotatable bonds is 11. The zero-order valence-corrected chi connectivity index (χ0v) is 15.8. The molecule has 2 aromatic carbocycles. The van der Waals surface area contributed by atoms with E-state index in [0.717, 1.165) is 11.1 Å². The lowest BCUT2D eigenvalue weighted by atomic mass is 10.1. The third kappa shape index (κ3) is 8.03. The summed E-state index contributed by atoms with van der Waals surface area (Å²) < 4.78 is 0. The molecule has 0 fully saturated rings. The van der Waals surface area contributed by atoms with E-state index in [9.17, 15) is 19.5 Å². The Morgan fingerprint density at radius 2 is 1.32 bits per heavy atom. The summed E-state index contributed by atoms with van der Waals surface area (Å²) in [4.78, 5) is 35.3. The molecule has 2 amide bonds. The number of benzene rings is 2. The van der Waals surface area contributed by atoms with Crippen LogP contribution in [0.5, 0.6) is 0 Å². The first-order chi connectivity index (χ1) is 13.5. The quantitative estimate of drug-likeness (QED) is 0.520. The second kappa shape index (κ2) is 11.5. The molecule has 28 heavy (non-hydrogen) atoms. The number of nitrogens with one attached hydrogen (secondary N) is 2. The Labute approximate surface area is 165 Å². The topological polar surface area (TPSA) is 95.5 Å². The van der Waals surface area contributed by atoms with Crippen molar-refractivity contribution >= 4 is 17.8 Å². The van der Waals surface area contributed by atoms with Crippen molar-refractivity contribution in [2.24, 2.45) is 0 Å². The van der Waals surface area contributed by atoms with Crippen LogP contribution in [0.2, 0.25) is 0 Å². The number of hydrogen-bond donors (Lipinski definition) is 3. The van der Waals surface area contributed by atoms with Crippen LogP contribution >= 0.6 is 0 Å². The summed E-state index contributed by atoms with van der Waals surface area (Å²) in [5, 5.41) is 14.7. The fourth-order valence-electron chi connectivity index (χ4n) is 2.83. The first-order valence-corrected chi connectivity index (χ1v) is 9.41. The lowest BCUT2D eigenvalue weighted by molar-refractivity contribution is -0.142. The molecule has 148 valence electrons. The third-order valence-corrected chi connectivity index (χ3v) is 4.29. The van der Waals surface area contributed by atoms with Gasteiger partial charge in [-0.25, -0.2) is 4.79 Å². The van der Waals surface area contributed by atoms with Crippen molar-refractivity contribution in [2.75, 3.05) is 6.54 Å². The fourth-order valence-corrected chi connectivity index (χ4v) is 2.83. The van der Waals surface area contributed by atoms with Gasteiger partial charge in [0.1, 0.15) is 6.04 Å². The van der Waals surface area contributed by atoms with E-state index in [4.69, 9.17) is 0 Å². The predicted molar refractivity (Wildman–Crippen MR) is 107 cm³/mol. The minimum Gasteiger partial charge on any atom is -0.480 e. The molecule has 0 heterocycles. The lowest BCUT2D eigenvalue weighted by Crippen LogP contribution is -2.41. The number of unbranched alkanes of at least 4 members (excludes halogenated alkanes) is 1. The van der Waals surface area contributed by atoms with Gasteiger partial charge in [-0.1, -0.05) is 60.7 Å². The van der Waals surface area contributed by atoms with Gasteiger partial charge in [-0.3, -0.25) is 9.59 Å². The molecule has 2 aromatic rings. The Morgan fingerprint density at radius 3 is 1.86 bits per heavy atom. The molecular formula is C22H26N2O4. The van der Waals surface area contributed by atoms with Gasteiger partial charge < -0.3 is 15.7 Å². The normalized spacial score (nSPS) is 11.4. The van der Waals surface area contributed by atoms with Crippen molar-refractivity contribution in [1.29, 1.82) is 0 Å². The number of hydrogen-bond acceptors (Lipinski definition) is 3. The maximum Gasteiger partial charge on any atom is 0.326 e. The summed E-state index contributed by atoms with van der Waals surface area (Å²) in [5.74, 6) is -1.42. The molecule has 0 saturated carbocycles. The second-order valence-electron chi connectivity index (χ2n) is 6.63. The summed E-state index contributed by atoms with van der Waals surface area (Å²) in [5.41, 5.74) is 1.79. The smallest absolute Gasteiger partial charge is 0.326 e. The molecule has 6 nitrogen and oxygen atoms in total. The van der Waals surface area contributed by atoms with Crippen LogP contribution in [-0.4, -0.2) is 35.5 Å². The maximum absolute atomic E-state index is 12.0. The van der Waals surface area contributed by atoms with Gasteiger partial charge in [0, 0.05) is 6.54 Å². The van der Waals surface area contributed by atoms with Gasteiger partial charge >= 0.3 is 5.97 Å². The van der Waals surface area contributed by atoms with Crippen LogP contribution < -0.4 is 10.6 Å². The molecule has 0 aliphatic heterocycles. The molecule has 0 saturated heterocycles.